The van der Waals surface area contributed by atoms with Gasteiger partial charge >= 0.3 is 0 Å². The maximum Gasteiger partial charge on any atom is 0.255 e. The number of aliphatic hydroxyl groups is 1. The number of nitrogens with zero attached hydrogens (tertiary/aromatic N) is 1. The number of hydrogen-bond donors (Lipinski definition) is 1. The van der Waals surface area contributed by atoms with Gasteiger partial charge in [-0.3, -0.25) is 0 Å². The molecule has 0 aromatic carbocycles. The first-order valence-electron chi connectivity index (χ1n) is 5.53. The molecule has 0 aliphatic rings. The van der Waals surface area contributed by atoms with Crippen LogP contribution in [-0.2, 0) is 4.74 Å². The Hall–Kier alpha value is -0.520. The molecule has 16 heavy (non-hydrogen) atoms. The molecule has 0 bridgehead atoms. The van der Waals surface area contributed by atoms with Crippen LogP contribution in [0.25, 0.3) is 0 Å². The minimum absolute atomic E-state index is 0.382. The van der Waals surface area contributed by atoms with Crippen molar-refractivity contribution in [1.82, 2.24) is 4.98 Å². The molecule has 0 fully saturated rings. The minimum atomic E-state index is -0.464. The number of aromatic nitrogens is 1. The Labute approximate surface area is 100 Å². The Bertz CT molecular complexity index is 291. The zero-order valence-corrected chi connectivity index (χ0v) is 10.6. The van der Waals surface area contributed by atoms with E-state index in [9.17, 15) is 5.11 Å². The summed E-state index contributed by atoms with van der Waals surface area (Å²) in [5.74, 6) is 0.548. The Balaban J connectivity index is 2.08. The third-order valence-corrected chi connectivity index (χ3v) is 2.94. The van der Waals surface area contributed by atoms with Gasteiger partial charge < -0.3 is 14.3 Å². The predicted octanol–water partition coefficient (Wildman–Crippen LogP) is 2.25. The van der Waals surface area contributed by atoms with E-state index in [4.69, 9.17) is 9.15 Å². The van der Waals surface area contributed by atoms with Crippen LogP contribution in [-0.4, -0.2) is 35.2 Å². The number of oxazole rings is 1. The summed E-state index contributed by atoms with van der Waals surface area (Å²) in [6, 6.07) is 0. The van der Waals surface area contributed by atoms with Crippen molar-refractivity contribution in [1.29, 1.82) is 0 Å². The average molecular weight is 245 g/mol. The number of unbranched alkanes of at least 4 members (excludes halogenated alkanes) is 1. The van der Waals surface area contributed by atoms with Gasteiger partial charge in [-0.05, 0) is 13.3 Å². The SMILES string of the molecule is CCCCOCC(O)CSc1nc(C)co1. The van der Waals surface area contributed by atoms with Gasteiger partial charge in [-0.2, -0.15) is 0 Å². The molecule has 0 saturated carbocycles. The van der Waals surface area contributed by atoms with E-state index in [2.05, 4.69) is 11.9 Å². The summed E-state index contributed by atoms with van der Waals surface area (Å²) in [6.45, 7) is 5.08. The lowest BCUT2D eigenvalue weighted by molar-refractivity contribution is 0.0472. The summed E-state index contributed by atoms with van der Waals surface area (Å²) in [5.41, 5.74) is 0.858. The number of thioether (sulfide) groups is 1. The molecule has 92 valence electrons. The Kier molecular flexibility index (Phi) is 6.52. The monoisotopic (exact) mass is 245 g/mol. The lowest BCUT2D eigenvalue weighted by Crippen LogP contribution is -2.18. The smallest absolute Gasteiger partial charge is 0.255 e. The van der Waals surface area contributed by atoms with Crippen LogP contribution >= 0.6 is 11.8 Å². The molecule has 5 heteroatoms. The van der Waals surface area contributed by atoms with E-state index in [0.717, 1.165) is 25.1 Å². The second-order valence-electron chi connectivity index (χ2n) is 3.65. The number of aliphatic hydroxyl groups excluding tert-OH is 1. The summed E-state index contributed by atoms with van der Waals surface area (Å²) in [4.78, 5) is 4.14. The molecule has 0 aliphatic heterocycles. The van der Waals surface area contributed by atoms with Gasteiger partial charge in [-0.25, -0.2) is 4.98 Å². The van der Waals surface area contributed by atoms with E-state index in [1.165, 1.54) is 11.8 Å². The van der Waals surface area contributed by atoms with Crippen LogP contribution in [0.1, 0.15) is 25.5 Å². The van der Waals surface area contributed by atoms with Gasteiger partial charge in [0.25, 0.3) is 5.22 Å². The fourth-order valence-electron chi connectivity index (χ4n) is 1.08. The molecule has 0 saturated heterocycles. The zero-order chi connectivity index (χ0) is 11.8. The molecule has 1 aromatic rings. The second kappa shape index (κ2) is 7.70. The molecular formula is C11H19NO3S. The Morgan fingerprint density at radius 3 is 3.06 bits per heavy atom. The van der Waals surface area contributed by atoms with Crippen LogP contribution in [0.3, 0.4) is 0 Å². The van der Waals surface area contributed by atoms with E-state index in [-0.39, 0.29) is 0 Å². The molecule has 0 spiro atoms. The number of rotatable bonds is 8. The Morgan fingerprint density at radius 2 is 2.44 bits per heavy atom. The van der Waals surface area contributed by atoms with E-state index in [1.807, 2.05) is 6.92 Å². The fourth-order valence-corrected chi connectivity index (χ4v) is 1.84. The van der Waals surface area contributed by atoms with Crippen molar-refractivity contribution in [3.8, 4) is 0 Å². The average Bonchev–Trinajstić information content (AvgIpc) is 2.68. The zero-order valence-electron chi connectivity index (χ0n) is 9.81. The Morgan fingerprint density at radius 1 is 1.62 bits per heavy atom. The molecule has 1 N–H and O–H groups in total. The highest BCUT2D eigenvalue weighted by Gasteiger charge is 2.08. The summed E-state index contributed by atoms with van der Waals surface area (Å²) in [5, 5.41) is 10.2. The van der Waals surface area contributed by atoms with Crippen molar-refractivity contribution in [2.75, 3.05) is 19.0 Å². The fraction of sp³-hybridized carbons (Fsp3) is 0.727. The summed E-state index contributed by atoms with van der Waals surface area (Å²) >= 11 is 1.41. The number of hydrogen-bond acceptors (Lipinski definition) is 5. The second-order valence-corrected chi connectivity index (χ2v) is 4.62. The molecular weight excluding hydrogens is 226 g/mol. The quantitative estimate of drug-likeness (QED) is 0.562. The largest absolute Gasteiger partial charge is 0.440 e. The first-order valence-corrected chi connectivity index (χ1v) is 6.51. The highest BCUT2D eigenvalue weighted by molar-refractivity contribution is 7.99. The molecule has 1 rings (SSSR count). The molecule has 4 nitrogen and oxygen atoms in total. The van der Waals surface area contributed by atoms with Crippen LogP contribution in [0.2, 0.25) is 0 Å². The minimum Gasteiger partial charge on any atom is -0.440 e. The predicted molar refractivity (Wildman–Crippen MR) is 63.7 cm³/mol. The lowest BCUT2D eigenvalue weighted by atomic mass is 10.3. The first-order chi connectivity index (χ1) is 7.72. The standard InChI is InChI=1S/C11H19NO3S/c1-3-4-5-14-7-10(13)8-16-11-12-9(2)6-15-11/h6,10,13H,3-5,7-8H2,1-2H3. The first kappa shape index (κ1) is 13.5. The van der Waals surface area contributed by atoms with E-state index in [0.29, 0.717) is 17.6 Å². The van der Waals surface area contributed by atoms with Crippen molar-refractivity contribution < 1.29 is 14.3 Å². The highest BCUT2D eigenvalue weighted by atomic mass is 32.2. The van der Waals surface area contributed by atoms with Gasteiger partial charge in [0.2, 0.25) is 0 Å². The lowest BCUT2D eigenvalue weighted by Gasteiger charge is -2.09. The third kappa shape index (κ3) is 5.53. The third-order valence-electron chi connectivity index (χ3n) is 1.95. The van der Waals surface area contributed by atoms with Crippen molar-refractivity contribution in [3.05, 3.63) is 12.0 Å². The topological polar surface area (TPSA) is 55.5 Å². The normalized spacial score (nSPS) is 12.9. The number of aryl methyl sites for hydroxylation is 1. The van der Waals surface area contributed by atoms with Crippen molar-refractivity contribution in [2.45, 2.75) is 38.0 Å². The molecule has 1 atom stereocenters. The maximum absolute atomic E-state index is 9.60. The van der Waals surface area contributed by atoms with Crippen molar-refractivity contribution >= 4 is 11.8 Å². The van der Waals surface area contributed by atoms with Gasteiger partial charge in [0.1, 0.15) is 6.26 Å². The van der Waals surface area contributed by atoms with Crippen molar-refractivity contribution in [3.63, 3.8) is 0 Å². The van der Waals surface area contributed by atoms with Crippen LogP contribution < -0.4 is 0 Å². The van der Waals surface area contributed by atoms with Crippen LogP contribution in [0.15, 0.2) is 15.9 Å². The van der Waals surface area contributed by atoms with Crippen LogP contribution in [0, 0.1) is 6.92 Å². The van der Waals surface area contributed by atoms with E-state index in [1.54, 1.807) is 6.26 Å². The maximum atomic E-state index is 9.60. The van der Waals surface area contributed by atoms with Gasteiger partial charge in [0.15, 0.2) is 0 Å². The van der Waals surface area contributed by atoms with Gasteiger partial charge in [0, 0.05) is 12.4 Å². The van der Waals surface area contributed by atoms with Crippen LogP contribution in [0.4, 0.5) is 0 Å². The molecule has 1 unspecified atom stereocenters. The molecule has 1 heterocycles. The van der Waals surface area contributed by atoms with E-state index < -0.39 is 6.10 Å². The van der Waals surface area contributed by atoms with Gasteiger partial charge in [-0.1, -0.05) is 25.1 Å². The van der Waals surface area contributed by atoms with E-state index >= 15 is 0 Å². The molecule has 1 aromatic heterocycles. The summed E-state index contributed by atoms with van der Waals surface area (Å²) < 4.78 is 10.5. The van der Waals surface area contributed by atoms with Gasteiger partial charge in [-0.15, -0.1) is 0 Å². The van der Waals surface area contributed by atoms with Crippen LogP contribution in [0.5, 0.6) is 0 Å². The molecule has 0 aliphatic carbocycles. The highest BCUT2D eigenvalue weighted by Crippen LogP contribution is 2.17. The summed E-state index contributed by atoms with van der Waals surface area (Å²) in [7, 11) is 0. The summed E-state index contributed by atoms with van der Waals surface area (Å²) in [6.07, 6.45) is 3.29. The molecule has 0 amide bonds. The number of ether oxygens (including phenoxy) is 1. The van der Waals surface area contributed by atoms with Gasteiger partial charge in [0.05, 0.1) is 18.4 Å². The molecule has 0 radical (unpaired) electrons. The van der Waals surface area contributed by atoms with Crippen molar-refractivity contribution in [2.24, 2.45) is 0 Å².